The third-order valence-corrected chi connectivity index (χ3v) is 6.00. The summed E-state index contributed by atoms with van der Waals surface area (Å²) in [5.74, 6) is 1.20. The lowest BCUT2D eigenvalue weighted by atomic mass is 10.0. The van der Waals surface area contributed by atoms with Crippen LogP contribution in [0.2, 0.25) is 5.02 Å². The van der Waals surface area contributed by atoms with Gasteiger partial charge in [0.1, 0.15) is 5.75 Å². The molecule has 7 nitrogen and oxygen atoms in total. The van der Waals surface area contributed by atoms with Crippen LogP contribution in [0.25, 0.3) is 43.8 Å². The number of hydrogen-bond donors (Lipinski definition) is 0. The molecule has 0 N–H and O–H groups in total. The fourth-order valence-corrected chi connectivity index (χ4v) is 4.44. The van der Waals surface area contributed by atoms with E-state index in [-0.39, 0.29) is 6.79 Å². The molecule has 0 fully saturated rings. The zero-order chi connectivity index (χ0) is 21.5. The number of methoxy groups -OCH3 is 1. The van der Waals surface area contributed by atoms with Crippen molar-refractivity contribution in [2.75, 3.05) is 13.9 Å². The minimum Gasteiger partial charge on any atom is -0.466 e. The van der Waals surface area contributed by atoms with Crippen LogP contribution in [0.1, 0.15) is 5.56 Å². The van der Waals surface area contributed by atoms with Gasteiger partial charge in [-0.3, -0.25) is 9.67 Å². The van der Waals surface area contributed by atoms with Crippen molar-refractivity contribution >= 4 is 44.7 Å². The van der Waals surface area contributed by atoms with Gasteiger partial charge in [0.2, 0.25) is 0 Å². The molecule has 0 radical (unpaired) electrons. The van der Waals surface area contributed by atoms with Gasteiger partial charge in [-0.15, -0.1) is 11.3 Å². The second-order valence-electron chi connectivity index (χ2n) is 7.09. The molecule has 3 heterocycles. The van der Waals surface area contributed by atoms with Gasteiger partial charge >= 0.3 is 0 Å². The van der Waals surface area contributed by atoms with Crippen molar-refractivity contribution < 1.29 is 9.47 Å². The summed E-state index contributed by atoms with van der Waals surface area (Å²) in [5, 5.41) is 7.06. The molecule has 0 bridgehead atoms. The van der Waals surface area contributed by atoms with Gasteiger partial charge < -0.3 is 9.47 Å². The predicted molar refractivity (Wildman–Crippen MR) is 123 cm³/mol. The number of rotatable bonds is 5. The van der Waals surface area contributed by atoms with Gasteiger partial charge in [-0.05, 0) is 31.2 Å². The molecule has 5 aromatic rings. The second-order valence-corrected chi connectivity index (χ2v) is 8.42. The Morgan fingerprint density at radius 3 is 2.84 bits per heavy atom. The van der Waals surface area contributed by atoms with E-state index in [2.05, 4.69) is 10.1 Å². The molecule has 0 atom stereocenters. The van der Waals surface area contributed by atoms with Crippen LogP contribution in [0.3, 0.4) is 0 Å². The summed E-state index contributed by atoms with van der Waals surface area (Å²) in [6, 6.07) is 7.62. The van der Waals surface area contributed by atoms with Crippen LogP contribution in [0.5, 0.6) is 5.75 Å². The van der Waals surface area contributed by atoms with Crippen LogP contribution in [0, 0.1) is 6.92 Å². The molecule has 0 aliphatic rings. The lowest BCUT2D eigenvalue weighted by molar-refractivity contribution is 0.0511. The van der Waals surface area contributed by atoms with Crippen LogP contribution in [0.15, 0.2) is 42.2 Å². The number of hydrogen-bond acceptors (Lipinski definition) is 7. The number of aromatic nitrogens is 5. The van der Waals surface area contributed by atoms with Gasteiger partial charge in [-0.2, -0.15) is 5.10 Å². The molecular formula is C22H18ClN5O2S. The highest BCUT2D eigenvalue weighted by molar-refractivity contribution is 7.13. The lowest BCUT2D eigenvalue weighted by Crippen LogP contribution is -2.04. The van der Waals surface area contributed by atoms with Gasteiger partial charge in [0.25, 0.3) is 0 Å². The molecule has 3 aromatic heterocycles. The summed E-state index contributed by atoms with van der Waals surface area (Å²) in [7, 11) is 3.49. The Hall–Kier alpha value is -3.07. The molecule has 0 saturated heterocycles. The Balaban J connectivity index is 1.82. The number of thiazole rings is 1. The van der Waals surface area contributed by atoms with E-state index >= 15 is 0 Å². The number of fused-ring (bicyclic) bond motifs is 2. The van der Waals surface area contributed by atoms with Crippen LogP contribution in [-0.2, 0) is 11.8 Å². The second kappa shape index (κ2) is 7.88. The zero-order valence-corrected chi connectivity index (χ0v) is 18.7. The molecule has 0 saturated carbocycles. The summed E-state index contributed by atoms with van der Waals surface area (Å²) in [6.45, 7) is 2.09. The van der Waals surface area contributed by atoms with Crippen LogP contribution < -0.4 is 4.74 Å². The molecule has 0 spiro atoms. The highest BCUT2D eigenvalue weighted by atomic mass is 35.5. The third kappa shape index (κ3) is 3.52. The van der Waals surface area contributed by atoms with Crippen molar-refractivity contribution in [3.8, 4) is 27.7 Å². The molecule has 31 heavy (non-hydrogen) atoms. The minimum atomic E-state index is 0.108. The van der Waals surface area contributed by atoms with Crippen molar-refractivity contribution in [2.24, 2.45) is 7.05 Å². The molecular weight excluding hydrogens is 434 g/mol. The summed E-state index contributed by atoms with van der Waals surface area (Å²) < 4.78 is 12.9. The van der Waals surface area contributed by atoms with Crippen molar-refractivity contribution in [2.45, 2.75) is 6.92 Å². The van der Waals surface area contributed by atoms with Crippen molar-refractivity contribution in [3.63, 3.8) is 0 Å². The maximum absolute atomic E-state index is 6.27. The van der Waals surface area contributed by atoms with E-state index in [4.69, 9.17) is 31.0 Å². The number of ether oxygens (including phenoxy) is 2. The van der Waals surface area contributed by atoms with Gasteiger partial charge in [0.15, 0.2) is 12.6 Å². The van der Waals surface area contributed by atoms with Crippen molar-refractivity contribution in [1.82, 2.24) is 24.7 Å². The normalized spacial score (nSPS) is 11.5. The van der Waals surface area contributed by atoms with E-state index in [0.717, 1.165) is 43.5 Å². The first-order valence-corrected chi connectivity index (χ1v) is 10.8. The van der Waals surface area contributed by atoms with E-state index in [1.165, 1.54) is 11.3 Å². The number of aryl methyl sites for hydroxylation is 2. The highest BCUT2D eigenvalue weighted by Crippen LogP contribution is 2.39. The SMILES string of the molecule is COCOc1c(-c2nc(-c3cncs3)c3cc(Cl)ccc3n2)cc2cn(C)nc2c1C. The largest absolute Gasteiger partial charge is 0.466 e. The number of halogens is 1. The molecule has 156 valence electrons. The molecule has 0 aliphatic heterocycles. The molecule has 9 heteroatoms. The number of nitrogens with zero attached hydrogens (tertiary/aromatic N) is 5. The Bertz CT molecular complexity index is 1420. The van der Waals surface area contributed by atoms with E-state index in [1.807, 2.05) is 44.4 Å². The minimum absolute atomic E-state index is 0.108. The Labute approximate surface area is 187 Å². The van der Waals surface area contributed by atoms with E-state index in [1.54, 1.807) is 23.5 Å². The van der Waals surface area contributed by atoms with Gasteiger partial charge in [-0.25, -0.2) is 9.97 Å². The van der Waals surface area contributed by atoms with E-state index in [0.29, 0.717) is 16.6 Å². The highest BCUT2D eigenvalue weighted by Gasteiger charge is 2.20. The lowest BCUT2D eigenvalue weighted by Gasteiger charge is -2.15. The van der Waals surface area contributed by atoms with E-state index < -0.39 is 0 Å². The van der Waals surface area contributed by atoms with Gasteiger partial charge in [-0.1, -0.05) is 11.6 Å². The van der Waals surface area contributed by atoms with Crippen LogP contribution in [0.4, 0.5) is 0 Å². The third-order valence-electron chi connectivity index (χ3n) is 4.98. The molecule has 0 unspecified atom stereocenters. The number of benzene rings is 2. The summed E-state index contributed by atoms with van der Waals surface area (Å²) in [5.41, 5.74) is 5.91. The van der Waals surface area contributed by atoms with Crippen molar-refractivity contribution in [3.05, 3.63) is 52.8 Å². The molecule has 2 aromatic carbocycles. The summed E-state index contributed by atoms with van der Waals surface area (Å²) in [4.78, 5) is 14.9. The summed E-state index contributed by atoms with van der Waals surface area (Å²) >= 11 is 7.79. The Morgan fingerprint density at radius 1 is 1.19 bits per heavy atom. The van der Waals surface area contributed by atoms with E-state index in [9.17, 15) is 0 Å². The molecule has 5 rings (SSSR count). The van der Waals surface area contributed by atoms with Gasteiger partial charge in [0.05, 0.1) is 32.7 Å². The fraction of sp³-hybridized carbons (Fsp3) is 0.182. The average Bonchev–Trinajstić information content (AvgIpc) is 3.42. The van der Waals surface area contributed by atoms with Crippen molar-refractivity contribution in [1.29, 1.82) is 0 Å². The first-order chi connectivity index (χ1) is 15.0. The maximum atomic E-state index is 6.27. The Morgan fingerprint density at radius 2 is 2.06 bits per heavy atom. The quantitative estimate of drug-likeness (QED) is 0.340. The monoisotopic (exact) mass is 451 g/mol. The zero-order valence-electron chi connectivity index (χ0n) is 17.1. The van der Waals surface area contributed by atoms with Crippen LogP contribution >= 0.6 is 22.9 Å². The maximum Gasteiger partial charge on any atom is 0.188 e. The summed E-state index contributed by atoms with van der Waals surface area (Å²) in [6.07, 6.45) is 3.77. The van der Waals surface area contributed by atoms with Gasteiger partial charge in [0, 0.05) is 47.9 Å². The van der Waals surface area contributed by atoms with Crippen LogP contribution in [-0.4, -0.2) is 38.6 Å². The standard InChI is InChI=1S/C22H18ClN5O2S/c1-12-19-13(9-28(2)27-19)6-16(21(12)30-11-29-3)22-25-17-5-4-14(23)7-15(17)20(26-22)18-8-24-10-31-18/h4-10H,11H2,1-3H3. The fourth-order valence-electron chi connectivity index (χ4n) is 3.65. The first-order valence-electron chi connectivity index (χ1n) is 9.50. The average molecular weight is 452 g/mol. The Kier molecular flexibility index (Phi) is 5.05. The molecule has 0 aliphatic carbocycles. The smallest absolute Gasteiger partial charge is 0.188 e. The molecule has 0 amide bonds. The first kappa shape index (κ1) is 19.9. The predicted octanol–water partition coefficient (Wildman–Crippen LogP) is 5.25. The topological polar surface area (TPSA) is 75.0 Å².